The Morgan fingerprint density at radius 1 is 1.13 bits per heavy atom. The van der Waals surface area contributed by atoms with Crippen LogP contribution in [0.4, 0.5) is 10.2 Å². The van der Waals surface area contributed by atoms with Gasteiger partial charge in [0, 0.05) is 5.56 Å². The normalized spacial score (nSPS) is 11.7. The van der Waals surface area contributed by atoms with Gasteiger partial charge in [0.15, 0.2) is 0 Å². The zero-order valence-corrected chi connectivity index (χ0v) is 13.2. The molecule has 0 fully saturated rings. The van der Waals surface area contributed by atoms with Gasteiger partial charge < -0.3 is 10.5 Å². The molecular formula is C17H14FN3OS. The van der Waals surface area contributed by atoms with E-state index in [0.29, 0.717) is 5.56 Å². The van der Waals surface area contributed by atoms with Gasteiger partial charge >= 0.3 is 0 Å². The van der Waals surface area contributed by atoms with Crippen molar-refractivity contribution in [3.05, 3.63) is 59.0 Å². The first kappa shape index (κ1) is 15.2. The molecule has 3 rings (SSSR count). The summed E-state index contributed by atoms with van der Waals surface area (Å²) >= 11 is 1.56. The van der Waals surface area contributed by atoms with Gasteiger partial charge in [-0.3, -0.25) is 0 Å². The third kappa shape index (κ3) is 3.54. The SMILES string of the molecule is COc1ccc2nc(/C=C/C=C/c3ccc(N)nc3F)sc2c1. The minimum atomic E-state index is -0.582. The number of nitrogens with zero attached hydrogens (tertiary/aromatic N) is 2. The molecule has 2 heterocycles. The first-order valence-electron chi connectivity index (χ1n) is 6.87. The number of nitrogen functional groups attached to an aromatic ring is 1. The Balaban J connectivity index is 1.76. The number of methoxy groups -OCH3 is 1. The van der Waals surface area contributed by atoms with Crippen LogP contribution in [0.2, 0.25) is 0 Å². The molecule has 0 atom stereocenters. The number of allylic oxidation sites excluding steroid dienone is 2. The van der Waals surface area contributed by atoms with Gasteiger partial charge in [0.2, 0.25) is 5.95 Å². The van der Waals surface area contributed by atoms with Gasteiger partial charge in [-0.25, -0.2) is 9.97 Å². The largest absolute Gasteiger partial charge is 0.497 e. The van der Waals surface area contributed by atoms with Gasteiger partial charge in [0.1, 0.15) is 16.6 Å². The highest BCUT2D eigenvalue weighted by atomic mass is 32.1. The number of halogens is 1. The van der Waals surface area contributed by atoms with Gasteiger partial charge in [0.25, 0.3) is 0 Å². The lowest BCUT2D eigenvalue weighted by molar-refractivity contribution is 0.415. The van der Waals surface area contributed by atoms with Crippen LogP contribution in [0.25, 0.3) is 22.4 Å². The third-order valence-electron chi connectivity index (χ3n) is 3.14. The Labute approximate surface area is 136 Å². The van der Waals surface area contributed by atoms with Crippen molar-refractivity contribution >= 4 is 39.5 Å². The van der Waals surface area contributed by atoms with Crippen molar-refractivity contribution < 1.29 is 9.13 Å². The molecule has 3 aromatic rings. The number of rotatable bonds is 4. The predicted octanol–water partition coefficient (Wildman–Crippen LogP) is 4.15. The summed E-state index contributed by atoms with van der Waals surface area (Å²) in [5, 5.41) is 0.869. The van der Waals surface area contributed by atoms with E-state index in [9.17, 15) is 4.39 Å². The average Bonchev–Trinajstić information content (AvgIpc) is 2.94. The molecule has 116 valence electrons. The van der Waals surface area contributed by atoms with E-state index in [0.717, 1.165) is 21.0 Å². The molecule has 0 amide bonds. The number of thiazole rings is 1. The fraction of sp³-hybridized carbons (Fsp3) is 0.0588. The number of benzene rings is 1. The average molecular weight is 327 g/mol. The van der Waals surface area contributed by atoms with Crippen LogP contribution in [0.3, 0.4) is 0 Å². The summed E-state index contributed by atoms with van der Waals surface area (Å²) in [5.41, 5.74) is 6.72. The molecule has 0 bridgehead atoms. The van der Waals surface area contributed by atoms with Crippen molar-refractivity contribution in [3.8, 4) is 5.75 Å². The van der Waals surface area contributed by atoms with E-state index < -0.39 is 5.95 Å². The highest BCUT2D eigenvalue weighted by Gasteiger charge is 2.02. The first-order chi connectivity index (χ1) is 11.2. The lowest BCUT2D eigenvalue weighted by Gasteiger charge is -1.96. The van der Waals surface area contributed by atoms with Crippen LogP contribution in [0.1, 0.15) is 10.6 Å². The molecule has 0 saturated carbocycles. The Morgan fingerprint density at radius 3 is 2.74 bits per heavy atom. The predicted molar refractivity (Wildman–Crippen MR) is 92.8 cm³/mol. The van der Waals surface area contributed by atoms with Crippen molar-refractivity contribution in [3.63, 3.8) is 0 Å². The summed E-state index contributed by atoms with van der Waals surface area (Å²) in [6, 6.07) is 8.91. The van der Waals surface area contributed by atoms with Crippen LogP contribution in [-0.2, 0) is 0 Å². The summed E-state index contributed by atoms with van der Waals surface area (Å²) in [4.78, 5) is 8.07. The Bertz CT molecular complexity index is 902. The molecule has 0 radical (unpaired) electrons. The highest BCUT2D eigenvalue weighted by molar-refractivity contribution is 7.19. The van der Waals surface area contributed by atoms with Crippen molar-refractivity contribution in [1.29, 1.82) is 0 Å². The van der Waals surface area contributed by atoms with Gasteiger partial charge in [-0.2, -0.15) is 4.39 Å². The number of nitrogens with two attached hydrogens (primary N) is 1. The topological polar surface area (TPSA) is 61.0 Å². The van der Waals surface area contributed by atoms with Crippen molar-refractivity contribution in [2.45, 2.75) is 0 Å². The minimum absolute atomic E-state index is 0.167. The van der Waals surface area contributed by atoms with E-state index in [2.05, 4.69) is 9.97 Å². The van der Waals surface area contributed by atoms with Gasteiger partial charge in [-0.1, -0.05) is 18.2 Å². The number of hydrogen-bond donors (Lipinski definition) is 1. The van der Waals surface area contributed by atoms with Crippen molar-refractivity contribution in [1.82, 2.24) is 9.97 Å². The molecule has 0 aliphatic carbocycles. The second-order valence-corrected chi connectivity index (χ2v) is 5.78. The van der Waals surface area contributed by atoms with Crippen LogP contribution in [-0.4, -0.2) is 17.1 Å². The van der Waals surface area contributed by atoms with Crippen molar-refractivity contribution in [2.24, 2.45) is 0 Å². The summed E-state index contributed by atoms with van der Waals surface area (Å²) in [7, 11) is 1.64. The number of ether oxygens (including phenoxy) is 1. The minimum Gasteiger partial charge on any atom is -0.497 e. The van der Waals surface area contributed by atoms with Crippen LogP contribution in [0.5, 0.6) is 5.75 Å². The van der Waals surface area contributed by atoms with E-state index in [1.54, 1.807) is 42.7 Å². The van der Waals surface area contributed by atoms with E-state index in [1.807, 2.05) is 30.4 Å². The van der Waals surface area contributed by atoms with Crippen molar-refractivity contribution in [2.75, 3.05) is 12.8 Å². The monoisotopic (exact) mass is 327 g/mol. The van der Waals surface area contributed by atoms with Crippen LogP contribution in [0.15, 0.2) is 42.5 Å². The second kappa shape index (κ2) is 6.58. The maximum atomic E-state index is 13.5. The molecule has 4 nitrogen and oxygen atoms in total. The lowest BCUT2D eigenvalue weighted by Crippen LogP contribution is -1.94. The fourth-order valence-corrected chi connectivity index (χ4v) is 2.91. The Kier molecular flexibility index (Phi) is 4.34. The second-order valence-electron chi connectivity index (χ2n) is 4.72. The molecule has 0 saturated heterocycles. The molecule has 2 N–H and O–H groups in total. The Morgan fingerprint density at radius 2 is 1.96 bits per heavy atom. The molecule has 2 aromatic heterocycles. The molecule has 0 spiro atoms. The van der Waals surface area contributed by atoms with E-state index >= 15 is 0 Å². The summed E-state index contributed by atoms with van der Waals surface area (Å²) in [6.07, 6.45) is 7.05. The molecule has 0 unspecified atom stereocenters. The van der Waals surface area contributed by atoms with E-state index in [1.165, 1.54) is 0 Å². The maximum absolute atomic E-state index is 13.5. The fourth-order valence-electron chi connectivity index (χ4n) is 2.00. The number of fused-ring (bicyclic) bond motifs is 1. The third-order valence-corrected chi connectivity index (χ3v) is 4.12. The number of pyridine rings is 1. The summed E-state index contributed by atoms with van der Waals surface area (Å²) in [5.74, 6) is 0.393. The quantitative estimate of drug-likeness (QED) is 0.578. The Hall–Kier alpha value is -2.73. The number of anilines is 1. The molecule has 0 aliphatic heterocycles. The molecule has 23 heavy (non-hydrogen) atoms. The first-order valence-corrected chi connectivity index (χ1v) is 7.69. The standard InChI is InChI=1S/C17H14FN3OS/c1-22-12-7-8-13-14(10-12)23-16(20-13)5-3-2-4-11-6-9-15(19)21-17(11)18/h2-10H,1H3,(H2,19,21)/b4-2+,5-3+. The lowest BCUT2D eigenvalue weighted by atomic mass is 10.2. The van der Waals surface area contributed by atoms with Gasteiger partial charge in [-0.05, 0) is 36.4 Å². The van der Waals surface area contributed by atoms with Crippen LogP contribution >= 0.6 is 11.3 Å². The zero-order valence-electron chi connectivity index (χ0n) is 12.4. The zero-order chi connectivity index (χ0) is 16.2. The number of aromatic nitrogens is 2. The smallest absolute Gasteiger partial charge is 0.222 e. The van der Waals surface area contributed by atoms with Crippen LogP contribution in [0, 0.1) is 5.95 Å². The molecule has 0 aliphatic rings. The van der Waals surface area contributed by atoms with Gasteiger partial charge in [0.05, 0.1) is 17.3 Å². The van der Waals surface area contributed by atoms with Crippen LogP contribution < -0.4 is 10.5 Å². The van der Waals surface area contributed by atoms with E-state index in [-0.39, 0.29) is 5.82 Å². The maximum Gasteiger partial charge on any atom is 0.222 e. The molecular weight excluding hydrogens is 313 g/mol. The van der Waals surface area contributed by atoms with Gasteiger partial charge in [-0.15, -0.1) is 11.3 Å². The van der Waals surface area contributed by atoms with E-state index in [4.69, 9.17) is 10.5 Å². The molecule has 1 aromatic carbocycles. The number of hydrogen-bond acceptors (Lipinski definition) is 5. The molecule has 6 heteroatoms. The highest BCUT2D eigenvalue weighted by Crippen LogP contribution is 2.26. The summed E-state index contributed by atoms with van der Waals surface area (Å²) in [6.45, 7) is 0. The summed E-state index contributed by atoms with van der Waals surface area (Å²) < 4.78 is 19.8.